The van der Waals surface area contributed by atoms with Crippen molar-refractivity contribution in [2.75, 3.05) is 18.4 Å². The highest BCUT2D eigenvalue weighted by molar-refractivity contribution is 5.76. The van der Waals surface area contributed by atoms with Gasteiger partial charge >= 0.3 is 0 Å². The summed E-state index contributed by atoms with van der Waals surface area (Å²) in [6, 6.07) is 4.79. The van der Waals surface area contributed by atoms with Gasteiger partial charge in [-0.2, -0.15) is 5.10 Å². The maximum atomic E-state index is 13.7. The Hall–Kier alpha value is -2.51. The summed E-state index contributed by atoms with van der Waals surface area (Å²) in [6.07, 6.45) is 5.44. The average molecular weight is 418 g/mol. The van der Waals surface area contributed by atoms with Gasteiger partial charge in [0.25, 0.3) is 6.43 Å². The average Bonchev–Trinajstić information content (AvgIpc) is 3.13. The van der Waals surface area contributed by atoms with Gasteiger partial charge in [-0.15, -0.1) is 0 Å². The molecule has 3 atom stereocenters. The SMILES string of the molecule is Cc1cc2n(n1)[C@@H](C(F)F)C[C@@H](C1CCCN(C(=O)CCCc3ccncc3)C1)N2. The lowest BCUT2D eigenvalue weighted by molar-refractivity contribution is -0.133. The van der Waals surface area contributed by atoms with Crippen molar-refractivity contribution in [1.29, 1.82) is 0 Å². The number of likely N-dealkylation sites (tertiary alicyclic amines) is 1. The summed E-state index contributed by atoms with van der Waals surface area (Å²) < 4.78 is 28.8. The van der Waals surface area contributed by atoms with Crippen molar-refractivity contribution in [2.24, 2.45) is 5.92 Å². The highest BCUT2D eigenvalue weighted by Crippen LogP contribution is 2.36. The third kappa shape index (κ3) is 4.63. The van der Waals surface area contributed by atoms with E-state index in [1.54, 1.807) is 12.4 Å². The van der Waals surface area contributed by atoms with E-state index < -0.39 is 12.5 Å². The molecule has 1 saturated heterocycles. The molecule has 0 bridgehead atoms. The third-order valence-corrected chi connectivity index (χ3v) is 6.28. The highest BCUT2D eigenvalue weighted by Gasteiger charge is 2.38. The lowest BCUT2D eigenvalue weighted by Gasteiger charge is -2.41. The zero-order valence-electron chi connectivity index (χ0n) is 17.3. The molecule has 1 unspecified atom stereocenters. The third-order valence-electron chi connectivity index (χ3n) is 6.28. The van der Waals surface area contributed by atoms with E-state index in [-0.39, 0.29) is 17.9 Å². The van der Waals surface area contributed by atoms with Crippen LogP contribution in [0.15, 0.2) is 30.6 Å². The van der Waals surface area contributed by atoms with Crippen LogP contribution in [0.5, 0.6) is 0 Å². The first kappa shape index (κ1) is 20.8. The van der Waals surface area contributed by atoms with Gasteiger partial charge < -0.3 is 10.2 Å². The van der Waals surface area contributed by atoms with Crippen molar-refractivity contribution in [3.63, 3.8) is 0 Å². The smallest absolute Gasteiger partial charge is 0.260 e. The minimum atomic E-state index is -2.46. The molecular formula is C22H29F2N5O. The van der Waals surface area contributed by atoms with E-state index in [1.165, 1.54) is 10.2 Å². The fraction of sp³-hybridized carbons (Fsp3) is 0.591. The molecule has 2 aliphatic heterocycles. The summed E-state index contributed by atoms with van der Waals surface area (Å²) >= 11 is 0. The van der Waals surface area contributed by atoms with E-state index >= 15 is 0 Å². The molecule has 0 aromatic carbocycles. The summed E-state index contributed by atoms with van der Waals surface area (Å²) in [4.78, 5) is 18.7. The van der Waals surface area contributed by atoms with Crippen LogP contribution in [-0.4, -0.2) is 51.1 Å². The van der Waals surface area contributed by atoms with Crippen molar-refractivity contribution in [2.45, 2.75) is 64.0 Å². The number of nitrogens with one attached hydrogen (secondary N) is 1. The van der Waals surface area contributed by atoms with E-state index in [0.717, 1.165) is 37.9 Å². The molecule has 0 radical (unpaired) electrons. The van der Waals surface area contributed by atoms with Crippen LogP contribution < -0.4 is 5.32 Å². The van der Waals surface area contributed by atoms with Crippen LogP contribution in [0.25, 0.3) is 0 Å². The minimum Gasteiger partial charge on any atom is -0.367 e. The van der Waals surface area contributed by atoms with Gasteiger partial charge in [0.15, 0.2) is 0 Å². The number of hydrogen-bond donors (Lipinski definition) is 1. The molecule has 4 heterocycles. The fourth-order valence-corrected chi connectivity index (χ4v) is 4.72. The molecule has 0 aliphatic carbocycles. The number of amides is 1. The molecule has 0 spiro atoms. The standard InChI is InChI=1S/C22H29F2N5O/c1-15-12-20-26-18(13-19(22(23)24)29(20)27-15)17-5-3-11-28(14-17)21(30)6-2-4-16-7-9-25-10-8-16/h7-10,12,17-19,22,26H,2-6,11,13-14H2,1H3/t17?,18-,19+/m0/s1. The first-order valence-electron chi connectivity index (χ1n) is 10.8. The summed E-state index contributed by atoms with van der Waals surface area (Å²) in [6.45, 7) is 3.21. The van der Waals surface area contributed by atoms with Gasteiger partial charge in [0, 0.05) is 44.0 Å². The van der Waals surface area contributed by atoms with Gasteiger partial charge in [-0.3, -0.25) is 9.78 Å². The van der Waals surface area contributed by atoms with Crippen LogP contribution in [0.3, 0.4) is 0 Å². The highest BCUT2D eigenvalue weighted by atomic mass is 19.3. The van der Waals surface area contributed by atoms with Gasteiger partial charge in [-0.05, 0) is 62.6 Å². The number of aromatic nitrogens is 3. The Kier molecular flexibility index (Phi) is 6.29. The Bertz CT molecular complexity index is 856. The minimum absolute atomic E-state index is 0.0694. The number of alkyl halides is 2. The predicted molar refractivity (Wildman–Crippen MR) is 111 cm³/mol. The number of carbonyl (C=O) groups excluding carboxylic acids is 1. The van der Waals surface area contributed by atoms with Crippen LogP contribution in [0.2, 0.25) is 0 Å². The van der Waals surface area contributed by atoms with Gasteiger partial charge in [-0.25, -0.2) is 13.5 Å². The number of piperidine rings is 1. The number of carbonyl (C=O) groups is 1. The number of halogens is 2. The molecule has 1 amide bonds. The molecule has 2 aliphatic rings. The summed E-state index contributed by atoms with van der Waals surface area (Å²) in [5, 5.41) is 7.66. The molecule has 4 rings (SSSR count). The van der Waals surface area contributed by atoms with E-state index in [0.29, 0.717) is 25.2 Å². The Balaban J connectivity index is 1.35. The van der Waals surface area contributed by atoms with Crippen molar-refractivity contribution in [3.8, 4) is 0 Å². The largest absolute Gasteiger partial charge is 0.367 e. The van der Waals surface area contributed by atoms with Crippen LogP contribution >= 0.6 is 0 Å². The Morgan fingerprint density at radius 1 is 1.33 bits per heavy atom. The predicted octanol–water partition coefficient (Wildman–Crippen LogP) is 3.84. The summed E-state index contributed by atoms with van der Waals surface area (Å²) in [5.41, 5.74) is 1.92. The fourth-order valence-electron chi connectivity index (χ4n) is 4.72. The summed E-state index contributed by atoms with van der Waals surface area (Å²) in [7, 11) is 0. The molecule has 1 N–H and O–H groups in total. The van der Waals surface area contributed by atoms with Gasteiger partial charge in [0.2, 0.25) is 5.91 Å². The topological polar surface area (TPSA) is 63.1 Å². The van der Waals surface area contributed by atoms with Gasteiger partial charge in [-0.1, -0.05) is 0 Å². The number of rotatable bonds is 6. The van der Waals surface area contributed by atoms with Crippen LogP contribution in [0, 0.1) is 12.8 Å². The lowest BCUT2D eigenvalue weighted by atomic mass is 9.86. The van der Waals surface area contributed by atoms with Crippen molar-refractivity contribution in [1.82, 2.24) is 19.7 Å². The molecule has 8 heteroatoms. The first-order chi connectivity index (χ1) is 14.5. The molecule has 2 aromatic heterocycles. The quantitative estimate of drug-likeness (QED) is 0.776. The Labute approximate surface area is 175 Å². The zero-order chi connectivity index (χ0) is 21.1. The van der Waals surface area contributed by atoms with Gasteiger partial charge in [0.05, 0.1) is 5.69 Å². The maximum Gasteiger partial charge on any atom is 0.260 e. The number of pyridine rings is 1. The van der Waals surface area contributed by atoms with Crippen molar-refractivity contribution in [3.05, 3.63) is 41.9 Å². The lowest BCUT2D eigenvalue weighted by Crippen LogP contribution is -2.48. The van der Waals surface area contributed by atoms with E-state index in [4.69, 9.17) is 0 Å². The molecule has 6 nitrogen and oxygen atoms in total. The molecular weight excluding hydrogens is 388 g/mol. The first-order valence-corrected chi connectivity index (χ1v) is 10.8. The summed E-state index contributed by atoms with van der Waals surface area (Å²) in [5.74, 6) is 0.999. The molecule has 0 saturated carbocycles. The monoisotopic (exact) mass is 417 g/mol. The van der Waals surface area contributed by atoms with Crippen LogP contribution in [0.1, 0.15) is 49.4 Å². The Morgan fingerprint density at radius 3 is 2.90 bits per heavy atom. The van der Waals surface area contributed by atoms with Crippen LogP contribution in [0.4, 0.5) is 14.6 Å². The maximum absolute atomic E-state index is 13.7. The van der Waals surface area contributed by atoms with Crippen molar-refractivity contribution < 1.29 is 13.6 Å². The number of hydrogen-bond acceptors (Lipinski definition) is 4. The normalized spacial score (nSPS) is 23.9. The second kappa shape index (κ2) is 9.10. The molecule has 2 aromatic rings. The van der Waals surface area contributed by atoms with E-state index in [9.17, 15) is 13.6 Å². The van der Waals surface area contributed by atoms with E-state index in [1.807, 2.05) is 30.0 Å². The molecule has 1 fully saturated rings. The second-order valence-electron chi connectivity index (χ2n) is 8.45. The van der Waals surface area contributed by atoms with Gasteiger partial charge in [0.1, 0.15) is 11.9 Å². The van der Waals surface area contributed by atoms with Crippen LogP contribution in [-0.2, 0) is 11.2 Å². The molecule has 30 heavy (non-hydrogen) atoms. The van der Waals surface area contributed by atoms with E-state index in [2.05, 4.69) is 15.4 Å². The number of nitrogens with zero attached hydrogens (tertiary/aromatic N) is 4. The van der Waals surface area contributed by atoms with Crippen molar-refractivity contribution >= 4 is 11.7 Å². The second-order valence-corrected chi connectivity index (χ2v) is 8.45. The Morgan fingerprint density at radius 2 is 2.13 bits per heavy atom. The molecule has 162 valence electrons. The zero-order valence-corrected chi connectivity index (χ0v) is 17.3. The number of fused-ring (bicyclic) bond motifs is 1. The number of aryl methyl sites for hydroxylation is 2. The number of anilines is 1.